The Balaban J connectivity index is 2.01. The van der Waals surface area contributed by atoms with Gasteiger partial charge in [0.15, 0.2) is 0 Å². The number of rotatable bonds is 3. The highest BCUT2D eigenvalue weighted by atomic mass is 32.2. The van der Waals surface area contributed by atoms with Crippen molar-refractivity contribution in [2.24, 2.45) is 5.92 Å². The molecule has 1 aliphatic heterocycles. The molecule has 1 saturated heterocycles. The first-order chi connectivity index (χ1) is 7.29. The van der Waals surface area contributed by atoms with Gasteiger partial charge in [0.05, 0.1) is 5.75 Å². The Bertz CT molecular complexity index is 347. The number of ketones is 1. The first kappa shape index (κ1) is 10.7. The summed E-state index contributed by atoms with van der Waals surface area (Å²) >= 11 is 1.74. The third kappa shape index (κ3) is 2.59. The van der Waals surface area contributed by atoms with Crippen molar-refractivity contribution in [3.63, 3.8) is 0 Å². The summed E-state index contributed by atoms with van der Waals surface area (Å²) in [6.07, 6.45) is 3.75. The van der Waals surface area contributed by atoms with E-state index in [0.717, 1.165) is 24.3 Å². The smallest absolute Gasteiger partial charge is 0.147 e. The summed E-state index contributed by atoms with van der Waals surface area (Å²) in [4.78, 5) is 15.8. The summed E-state index contributed by atoms with van der Waals surface area (Å²) in [6.45, 7) is 2.12. The van der Waals surface area contributed by atoms with Crippen LogP contribution < -0.4 is 0 Å². The highest BCUT2D eigenvalue weighted by Crippen LogP contribution is 2.23. The van der Waals surface area contributed by atoms with Crippen LogP contribution in [0.25, 0.3) is 0 Å². The summed E-state index contributed by atoms with van der Waals surface area (Å²) in [5.74, 6) is 2.25. The SMILES string of the molecule is CCc1ccc(CC2CSCC2=O)nc1. The van der Waals surface area contributed by atoms with Gasteiger partial charge in [0, 0.05) is 30.0 Å². The van der Waals surface area contributed by atoms with Crippen molar-refractivity contribution in [1.82, 2.24) is 4.98 Å². The lowest BCUT2D eigenvalue weighted by Crippen LogP contribution is -2.14. The minimum absolute atomic E-state index is 0.204. The van der Waals surface area contributed by atoms with Crippen LogP contribution >= 0.6 is 11.8 Å². The van der Waals surface area contributed by atoms with Crippen LogP contribution in [0.15, 0.2) is 18.3 Å². The summed E-state index contributed by atoms with van der Waals surface area (Å²) < 4.78 is 0. The van der Waals surface area contributed by atoms with Crippen LogP contribution in [0.5, 0.6) is 0 Å². The zero-order valence-corrected chi connectivity index (χ0v) is 9.72. The van der Waals surface area contributed by atoms with Crippen LogP contribution in [-0.4, -0.2) is 22.3 Å². The lowest BCUT2D eigenvalue weighted by Gasteiger charge is -2.06. The molecule has 0 amide bonds. The van der Waals surface area contributed by atoms with Crippen LogP contribution in [0.2, 0.25) is 0 Å². The van der Waals surface area contributed by atoms with Gasteiger partial charge in [0.25, 0.3) is 0 Å². The molecular weight excluding hydrogens is 206 g/mol. The third-order valence-electron chi connectivity index (χ3n) is 2.77. The van der Waals surface area contributed by atoms with Crippen molar-refractivity contribution in [3.8, 4) is 0 Å². The molecule has 1 aromatic heterocycles. The molecule has 1 aromatic rings. The van der Waals surface area contributed by atoms with Gasteiger partial charge in [-0.15, -0.1) is 0 Å². The number of aryl methyl sites for hydroxylation is 1. The topological polar surface area (TPSA) is 30.0 Å². The molecule has 15 heavy (non-hydrogen) atoms. The number of hydrogen-bond acceptors (Lipinski definition) is 3. The first-order valence-electron chi connectivity index (χ1n) is 5.34. The summed E-state index contributed by atoms with van der Waals surface area (Å²) in [6, 6.07) is 4.16. The van der Waals surface area contributed by atoms with E-state index in [4.69, 9.17) is 0 Å². The zero-order valence-electron chi connectivity index (χ0n) is 8.90. The van der Waals surface area contributed by atoms with Gasteiger partial charge < -0.3 is 0 Å². The van der Waals surface area contributed by atoms with Gasteiger partial charge in [0.2, 0.25) is 0 Å². The molecule has 1 aliphatic rings. The molecule has 0 radical (unpaired) electrons. The quantitative estimate of drug-likeness (QED) is 0.783. The molecule has 1 atom stereocenters. The Morgan fingerprint density at radius 1 is 1.53 bits per heavy atom. The number of carbonyl (C=O) groups excluding carboxylic acids is 1. The van der Waals surface area contributed by atoms with Crippen molar-refractivity contribution in [2.45, 2.75) is 19.8 Å². The van der Waals surface area contributed by atoms with Gasteiger partial charge in [-0.3, -0.25) is 9.78 Å². The Morgan fingerprint density at radius 2 is 2.40 bits per heavy atom. The van der Waals surface area contributed by atoms with Gasteiger partial charge >= 0.3 is 0 Å². The molecule has 80 valence electrons. The number of pyridine rings is 1. The molecule has 0 aliphatic carbocycles. The molecule has 1 fully saturated rings. The monoisotopic (exact) mass is 221 g/mol. The van der Waals surface area contributed by atoms with Crippen molar-refractivity contribution in [3.05, 3.63) is 29.6 Å². The van der Waals surface area contributed by atoms with Crippen molar-refractivity contribution in [2.75, 3.05) is 11.5 Å². The highest BCUT2D eigenvalue weighted by molar-refractivity contribution is 8.00. The lowest BCUT2D eigenvalue weighted by atomic mass is 10.0. The average molecular weight is 221 g/mol. The van der Waals surface area contributed by atoms with Crippen molar-refractivity contribution in [1.29, 1.82) is 0 Å². The average Bonchev–Trinajstić information content (AvgIpc) is 2.66. The maximum absolute atomic E-state index is 11.5. The minimum Gasteiger partial charge on any atom is -0.298 e. The second-order valence-electron chi connectivity index (χ2n) is 3.89. The second kappa shape index (κ2) is 4.79. The van der Waals surface area contributed by atoms with E-state index in [2.05, 4.69) is 24.0 Å². The number of nitrogens with zero attached hydrogens (tertiary/aromatic N) is 1. The van der Waals surface area contributed by atoms with E-state index in [1.54, 1.807) is 11.8 Å². The fourth-order valence-corrected chi connectivity index (χ4v) is 2.87. The van der Waals surface area contributed by atoms with Gasteiger partial charge in [0.1, 0.15) is 5.78 Å². The van der Waals surface area contributed by atoms with Gasteiger partial charge in [-0.25, -0.2) is 0 Å². The van der Waals surface area contributed by atoms with Crippen molar-refractivity contribution >= 4 is 17.5 Å². The number of carbonyl (C=O) groups is 1. The molecule has 0 saturated carbocycles. The van der Waals surface area contributed by atoms with Gasteiger partial charge in [-0.05, 0) is 18.1 Å². The van der Waals surface area contributed by atoms with E-state index in [1.807, 2.05) is 6.20 Å². The third-order valence-corrected chi connectivity index (χ3v) is 3.90. The standard InChI is InChI=1S/C12H15NOS/c1-2-9-3-4-11(13-6-9)5-10-7-15-8-12(10)14/h3-4,6,10H,2,5,7-8H2,1H3. The van der Waals surface area contributed by atoms with Gasteiger partial charge in [-0.1, -0.05) is 13.0 Å². The molecule has 2 heterocycles. The van der Waals surface area contributed by atoms with Crippen LogP contribution in [0.4, 0.5) is 0 Å². The molecule has 2 rings (SSSR count). The molecule has 2 nitrogen and oxygen atoms in total. The summed E-state index contributed by atoms with van der Waals surface area (Å²) in [5.41, 5.74) is 2.30. The predicted octanol–water partition coefficient (Wildman–Crippen LogP) is 2.12. The van der Waals surface area contributed by atoms with E-state index in [0.29, 0.717) is 11.5 Å². The Hall–Kier alpha value is -0.830. The number of hydrogen-bond donors (Lipinski definition) is 0. The molecular formula is C12H15NOS. The fourth-order valence-electron chi connectivity index (χ4n) is 1.72. The minimum atomic E-state index is 0.204. The van der Waals surface area contributed by atoms with Crippen LogP contribution in [0, 0.1) is 5.92 Å². The second-order valence-corrected chi connectivity index (χ2v) is 4.92. The fraction of sp³-hybridized carbons (Fsp3) is 0.500. The van der Waals surface area contributed by atoms with Gasteiger partial charge in [-0.2, -0.15) is 11.8 Å². The normalized spacial score (nSPS) is 20.9. The number of thioether (sulfide) groups is 1. The van der Waals surface area contributed by atoms with E-state index < -0.39 is 0 Å². The molecule has 0 spiro atoms. The Labute approximate surface area is 94.5 Å². The zero-order chi connectivity index (χ0) is 10.7. The largest absolute Gasteiger partial charge is 0.298 e. The number of aromatic nitrogens is 1. The molecule has 0 N–H and O–H groups in total. The summed E-state index contributed by atoms with van der Waals surface area (Å²) in [5, 5.41) is 0. The molecule has 3 heteroatoms. The van der Waals surface area contributed by atoms with E-state index >= 15 is 0 Å². The predicted molar refractivity (Wildman–Crippen MR) is 63.1 cm³/mol. The molecule has 1 unspecified atom stereocenters. The van der Waals surface area contributed by atoms with Crippen molar-refractivity contribution < 1.29 is 4.79 Å². The number of Topliss-reactive ketones (excluding diaryl/α,β-unsaturated/α-hetero) is 1. The van der Waals surface area contributed by atoms with E-state index in [1.165, 1.54) is 5.56 Å². The Kier molecular flexibility index (Phi) is 3.41. The van der Waals surface area contributed by atoms with E-state index in [9.17, 15) is 4.79 Å². The first-order valence-corrected chi connectivity index (χ1v) is 6.49. The van der Waals surface area contributed by atoms with Crippen LogP contribution in [0.3, 0.4) is 0 Å². The maximum atomic E-state index is 11.5. The highest BCUT2D eigenvalue weighted by Gasteiger charge is 2.25. The molecule has 0 aromatic carbocycles. The lowest BCUT2D eigenvalue weighted by molar-refractivity contribution is -0.119. The van der Waals surface area contributed by atoms with E-state index in [-0.39, 0.29) is 5.92 Å². The Morgan fingerprint density at radius 3 is 2.93 bits per heavy atom. The van der Waals surface area contributed by atoms with Crippen LogP contribution in [-0.2, 0) is 17.6 Å². The van der Waals surface area contributed by atoms with Crippen LogP contribution in [0.1, 0.15) is 18.2 Å². The summed E-state index contributed by atoms with van der Waals surface area (Å²) in [7, 11) is 0. The maximum Gasteiger partial charge on any atom is 0.147 e. The molecule has 0 bridgehead atoms.